The molecule has 1 aliphatic carbocycles. The minimum atomic E-state index is 0.621. The monoisotopic (exact) mass is 292 g/mol. The fourth-order valence-electron chi connectivity index (χ4n) is 3.14. The lowest BCUT2D eigenvalue weighted by molar-refractivity contribution is 0.159. The number of hydrogen-bond acceptors (Lipinski definition) is 5. The zero-order chi connectivity index (χ0) is 14.7. The lowest BCUT2D eigenvalue weighted by Crippen LogP contribution is -2.39. The molecule has 1 aromatic heterocycles. The van der Waals surface area contributed by atoms with Gasteiger partial charge in [0.05, 0.1) is 12.2 Å². The van der Waals surface area contributed by atoms with Gasteiger partial charge in [0.15, 0.2) is 5.76 Å². The number of aromatic nitrogens is 1. The van der Waals surface area contributed by atoms with Crippen molar-refractivity contribution < 1.29 is 4.52 Å². The van der Waals surface area contributed by atoms with Crippen molar-refractivity contribution in [1.29, 1.82) is 0 Å². The van der Waals surface area contributed by atoms with Crippen LogP contribution in [0.5, 0.6) is 0 Å². The molecule has 118 valence electrons. The Balaban J connectivity index is 1.55. The Hall–Kier alpha value is -0.910. The van der Waals surface area contributed by atoms with Crippen molar-refractivity contribution in [2.45, 2.75) is 57.8 Å². The molecular formula is C16H28N4O. The quantitative estimate of drug-likeness (QED) is 0.867. The van der Waals surface area contributed by atoms with Crippen LogP contribution in [0.2, 0.25) is 0 Å². The molecule has 0 bridgehead atoms. The first kappa shape index (κ1) is 15.0. The van der Waals surface area contributed by atoms with E-state index in [-0.39, 0.29) is 0 Å². The molecule has 0 spiro atoms. The Morgan fingerprint density at radius 3 is 3.00 bits per heavy atom. The summed E-state index contributed by atoms with van der Waals surface area (Å²) in [5.41, 5.74) is 1.04. The van der Waals surface area contributed by atoms with E-state index in [4.69, 9.17) is 4.52 Å². The van der Waals surface area contributed by atoms with Crippen LogP contribution in [0.25, 0.3) is 0 Å². The van der Waals surface area contributed by atoms with Gasteiger partial charge in [-0.3, -0.25) is 4.90 Å². The van der Waals surface area contributed by atoms with Crippen molar-refractivity contribution in [1.82, 2.24) is 20.3 Å². The molecule has 5 heteroatoms. The van der Waals surface area contributed by atoms with Crippen LogP contribution in [0.4, 0.5) is 0 Å². The van der Waals surface area contributed by atoms with E-state index in [9.17, 15) is 0 Å². The number of rotatable bonds is 6. The van der Waals surface area contributed by atoms with Gasteiger partial charge < -0.3 is 14.7 Å². The Morgan fingerprint density at radius 2 is 2.24 bits per heavy atom. The topological polar surface area (TPSA) is 44.5 Å². The molecule has 2 fully saturated rings. The fraction of sp³-hybridized carbons (Fsp3) is 0.812. The van der Waals surface area contributed by atoms with E-state index in [1.165, 1.54) is 32.2 Å². The van der Waals surface area contributed by atoms with Crippen LogP contribution in [-0.2, 0) is 13.1 Å². The van der Waals surface area contributed by atoms with E-state index in [1.54, 1.807) is 0 Å². The summed E-state index contributed by atoms with van der Waals surface area (Å²) in [6.45, 7) is 7.51. The van der Waals surface area contributed by atoms with Crippen LogP contribution in [-0.4, -0.2) is 53.7 Å². The summed E-state index contributed by atoms with van der Waals surface area (Å²) >= 11 is 0. The highest BCUT2D eigenvalue weighted by Crippen LogP contribution is 2.20. The average Bonchev–Trinajstić information content (AvgIpc) is 3.23. The summed E-state index contributed by atoms with van der Waals surface area (Å²) in [7, 11) is 2.22. The number of nitrogens with zero attached hydrogens (tertiary/aromatic N) is 3. The van der Waals surface area contributed by atoms with Crippen LogP contribution in [0.3, 0.4) is 0 Å². The van der Waals surface area contributed by atoms with Gasteiger partial charge in [-0.15, -0.1) is 0 Å². The van der Waals surface area contributed by atoms with Gasteiger partial charge in [-0.2, -0.15) is 0 Å². The predicted octanol–water partition coefficient (Wildman–Crippen LogP) is 1.84. The zero-order valence-corrected chi connectivity index (χ0v) is 13.3. The van der Waals surface area contributed by atoms with E-state index in [1.807, 2.05) is 0 Å². The summed E-state index contributed by atoms with van der Waals surface area (Å²) in [4.78, 5) is 5.00. The first-order valence-electron chi connectivity index (χ1n) is 8.35. The maximum atomic E-state index is 5.54. The number of likely N-dealkylation sites (N-methyl/N-ethyl adjacent to an activating group) is 1. The van der Waals surface area contributed by atoms with Gasteiger partial charge in [-0.25, -0.2) is 0 Å². The molecule has 0 radical (unpaired) electrons. The Bertz CT molecular complexity index is 443. The summed E-state index contributed by atoms with van der Waals surface area (Å²) in [5, 5.41) is 7.68. The van der Waals surface area contributed by atoms with E-state index in [2.05, 4.69) is 40.3 Å². The standard InChI is InChI=1S/C16H28N4O/c1-3-15-11-19(2)7-4-8-20(15)12-16-9-14(18-21-16)10-17-13-5-6-13/h9,13,15,17H,3-8,10-12H2,1-2H3. The highest BCUT2D eigenvalue weighted by Gasteiger charge is 2.24. The minimum Gasteiger partial charge on any atom is -0.360 e. The van der Waals surface area contributed by atoms with Crippen molar-refractivity contribution in [3.8, 4) is 0 Å². The highest BCUT2D eigenvalue weighted by molar-refractivity contribution is 5.06. The second kappa shape index (κ2) is 6.90. The van der Waals surface area contributed by atoms with Gasteiger partial charge in [0.2, 0.25) is 0 Å². The van der Waals surface area contributed by atoms with Crippen LogP contribution in [0.1, 0.15) is 44.1 Å². The smallest absolute Gasteiger partial charge is 0.151 e. The van der Waals surface area contributed by atoms with E-state index < -0.39 is 0 Å². The average molecular weight is 292 g/mol. The summed E-state index contributed by atoms with van der Waals surface area (Å²) < 4.78 is 5.54. The molecule has 1 saturated carbocycles. The van der Waals surface area contributed by atoms with Crippen LogP contribution in [0.15, 0.2) is 10.6 Å². The molecule has 1 aromatic rings. The molecule has 1 N–H and O–H groups in total. The maximum Gasteiger partial charge on any atom is 0.151 e. The van der Waals surface area contributed by atoms with Gasteiger partial charge in [-0.1, -0.05) is 12.1 Å². The van der Waals surface area contributed by atoms with Crippen molar-refractivity contribution in [2.75, 3.05) is 26.7 Å². The number of nitrogens with one attached hydrogen (secondary N) is 1. The highest BCUT2D eigenvalue weighted by atomic mass is 16.5. The lowest BCUT2D eigenvalue weighted by Gasteiger charge is -2.29. The molecule has 21 heavy (non-hydrogen) atoms. The van der Waals surface area contributed by atoms with Crippen LogP contribution in [0, 0.1) is 0 Å². The predicted molar refractivity (Wildman–Crippen MR) is 83.0 cm³/mol. The molecule has 2 heterocycles. The van der Waals surface area contributed by atoms with Gasteiger partial charge in [-0.05, 0) is 39.3 Å². The second-order valence-electron chi connectivity index (χ2n) is 6.59. The van der Waals surface area contributed by atoms with Gasteiger partial charge in [0.1, 0.15) is 0 Å². The normalized spacial score (nSPS) is 25.1. The molecular weight excluding hydrogens is 264 g/mol. The van der Waals surface area contributed by atoms with Crippen molar-refractivity contribution >= 4 is 0 Å². The Morgan fingerprint density at radius 1 is 1.38 bits per heavy atom. The molecule has 2 aliphatic rings. The Kier molecular flexibility index (Phi) is 4.93. The third-order valence-corrected chi connectivity index (χ3v) is 4.61. The first-order chi connectivity index (χ1) is 10.2. The molecule has 3 rings (SSSR count). The van der Waals surface area contributed by atoms with Crippen LogP contribution >= 0.6 is 0 Å². The third-order valence-electron chi connectivity index (χ3n) is 4.61. The second-order valence-corrected chi connectivity index (χ2v) is 6.59. The minimum absolute atomic E-state index is 0.621. The molecule has 1 unspecified atom stereocenters. The van der Waals surface area contributed by atoms with Crippen molar-refractivity contribution in [2.24, 2.45) is 0 Å². The van der Waals surface area contributed by atoms with Gasteiger partial charge in [0.25, 0.3) is 0 Å². The molecule has 1 atom stereocenters. The van der Waals surface area contributed by atoms with E-state index >= 15 is 0 Å². The molecule has 1 saturated heterocycles. The first-order valence-corrected chi connectivity index (χ1v) is 8.35. The van der Waals surface area contributed by atoms with Gasteiger partial charge in [0, 0.05) is 37.8 Å². The summed E-state index contributed by atoms with van der Waals surface area (Å²) in [5.74, 6) is 1.01. The van der Waals surface area contributed by atoms with Crippen LogP contribution < -0.4 is 5.32 Å². The van der Waals surface area contributed by atoms with Gasteiger partial charge >= 0.3 is 0 Å². The maximum absolute atomic E-state index is 5.54. The third kappa shape index (κ3) is 4.28. The summed E-state index contributed by atoms with van der Waals surface area (Å²) in [6, 6.07) is 3.46. The molecule has 0 amide bonds. The van der Waals surface area contributed by atoms with E-state index in [0.717, 1.165) is 43.7 Å². The van der Waals surface area contributed by atoms with E-state index in [0.29, 0.717) is 6.04 Å². The molecule has 5 nitrogen and oxygen atoms in total. The van der Waals surface area contributed by atoms with Crippen molar-refractivity contribution in [3.05, 3.63) is 17.5 Å². The largest absolute Gasteiger partial charge is 0.360 e. The fourth-order valence-corrected chi connectivity index (χ4v) is 3.14. The molecule has 0 aromatic carbocycles. The Labute approximate surface area is 127 Å². The molecule has 1 aliphatic heterocycles. The zero-order valence-electron chi connectivity index (χ0n) is 13.3. The van der Waals surface area contributed by atoms with Crippen molar-refractivity contribution in [3.63, 3.8) is 0 Å². The summed E-state index contributed by atoms with van der Waals surface area (Å²) in [6.07, 6.45) is 5.04. The number of hydrogen-bond donors (Lipinski definition) is 1. The SMILES string of the molecule is CCC1CN(C)CCCN1Cc1cc(CNC2CC2)no1. The lowest BCUT2D eigenvalue weighted by atomic mass is 10.2.